The maximum Gasteiger partial charge on any atom is 0.291 e. The molecule has 8 heteroatoms. The van der Waals surface area contributed by atoms with Crippen molar-refractivity contribution >= 4 is 22.4 Å². The molecule has 2 aromatic heterocycles. The number of thiazole rings is 1. The van der Waals surface area contributed by atoms with Crippen molar-refractivity contribution in [2.75, 3.05) is 20.3 Å². The molecule has 0 aliphatic heterocycles. The van der Waals surface area contributed by atoms with Crippen molar-refractivity contribution in [2.45, 2.75) is 20.8 Å². The molecule has 32 heavy (non-hydrogen) atoms. The van der Waals surface area contributed by atoms with Crippen molar-refractivity contribution in [3.05, 3.63) is 62.9 Å². The Bertz CT molecular complexity index is 1330. The van der Waals surface area contributed by atoms with Crippen molar-refractivity contribution in [3.63, 3.8) is 0 Å². The van der Waals surface area contributed by atoms with Gasteiger partial charge in [0.2, 0.25) is 4.96 Å². The van der Waals surface area contributed by atoms with Crippen molar-refractivity contribution in [3.8, 4) is 28.6 Å². The van der Waals surface area contributed by atoms with Gasteiger partial charge in [-0.3, -0.25) is 4.79 Å². The van der Waals surface area contributed by atoms with Crippen LogP contribution in [0, 0.1) is 5.92 Å². The summed E-state index contributed by atoms with van der Waals surface area (Å²) < 4.78 is 18.6. The number of hydrogen-bond donors (Lipinski definition) is 0. The Kier molecular flexibility index (Phi) is 6.41. The summed E-state index contributed by atoms with van der Waals surface area (Å²) in [5.74, 6) is 3.02. The Hall–Kier alpha value is -3.39. The van der Waals surface area contributed by atoms with Gasteiger partial charge in [-0.15, -0.1) is 5.10 Å². The van der Waals surface area contributed by atoms with Crippen molar-refractivity contribution in [1.29, 1.82) is 0 Å². The smallest absolute Gasteiger partial charge is 0.291 e. The fourth-order valence-corrected chi connectivity index (χ4v) is 4.03. The largest absolute Gasteiger partial charge is 0.494 e. The van der Waals surface area contributed by atoms with Crippen LogP contribution in [0.2, 0.25) is 0 Å². The van der Waals surface area contributed by atoms with Crippen molar-refractivity contribution < 1.29 is 14.2 Å². The van der Waals surface area contributed by atoms with E-state index in [9.17, 15) is 4.79 Å². The second-order valence-electron chi connectivity index (χ2n) is 7.62. The average molecular weight is 452 g/mol. The van der Waals surface area contributed by atoms with Gasteiger partial charge in [0.25, 0.3) is 5.56 Å². The molecule has 2 heterocycles. The minimum atomic E-state index is -0.200. The van der Waals surface area contributed by atoms with Crippen LogP contribution in [-0.2, 0) is 0 Å². The summed E-state index contributed by atoms with van der Waals surface area (Å²) in [4.78, 5) is 18.0. The first-order valence-corrected chi connectivity index (χ1v) is 11.3. The molecule has 0 saturated carbocycles. The second-order valence-corrected chi connectivity index (χ2v) is 8.63. The number of nitrogens with zero attached hydrogens (tertiary/aromatic N) is 3. The molecular weight excluding hydrogens is 426 g/mol. The Morgan fingerprint density at radius 3 is 2.53 bits per heavy atom. The minimum absolute atomic E-state index is 0.200. The minimum Gasteiger partial charge on any atom is -0.494 e. The standard InChI is InChI=1S/C24H25N3O4S/c1-5-30-18-9-7-17(8-10-18)22-25-24-27(26-22)23(28)21(32-24)13-16-6-11-19(20(12-16)29-4)31-14-15(2)3/h6-13,15H,5,14H2,1-4H3. The summed E-state index contributed by atoms with van der Waals surface area (Å²) in [6, 6.07) is 13.1. The van der Waals surface area contributed by atoms with Gasteiger partial charge >= 0.3 is 0 Å². The van der Waals surface area contributed by atoms with Crippen LogP contribution < -0.4 is 24.3 Å². The molecule has 4 aromatic rings. The Morgan fingerprint density at radius 1 is 1.09 bits per heavy atom. The molecule has 7 nitrogen and oxygen atoms in total. The number of aromatic nitrogens is 3. The van der Waals surface area contributed by atoms with Gasteiger partial charge in [-0.1, -0.05) is 31.3 Å². The summed E-state index contributed by atoms with van der Waals surface area (Å²) in [7, 11) is 1.60. The van der Waals surface area contributed by atoms with E-state index in [0.29, 0.717) is 45.9 Å². The van der Waals surface area contributed by atoms with Crippen LogP contribution in [0.15, 0.2) is 47.3 Å². The number of hydrogen-bond acceptors (Lipinski definition) is 7. The summed E-state index contributed by atoms with van der Waals surface area (Å²) in [5, 5.41) is 4.41. The van der Waals surface area contributed by atoms with E-state index in [1.165, 1.54) is 15.9 Å². The molecule has 0 N–H and O–H groups in total. The van der Waals surface area contributed by atoms with E-state index in [1.54, 1.807) is 7.11 Å². The summed E-state index contributed by atoms with van der Waals surface area (Å²) in [6.45, 7) is 7.33. The highest BCUT2D eigenvalue weighted by molar-refractivity contribution is 7.15. The third-order valence-electron chi connectivity index (χ3n) is 4.66. The topological polar surface area (TPSA) is 75.0 Å². The first-order chi connectivity index (χ1) is 15.5. The van der Waals surface area contributed by atoms with Crippen LogP contribution in [0.5, 0.6) is 17.2 Å². The molecule has 0 unspecified atom stereocenters. The molecular formula is C24H25N3O4S. The third kappa shape index (κ3) is 4.60. The van der Waals surface area contributed by atoms with Gasteiger partial charge in [0.05, 0.1) is 24.9 Å². The highest BCUT2D eigenvalue weighted by Gasteiger charge is 2.13. The zero-order valence-corrected chi connectivity index (χ0v) is 19.3. The Balaban J connectivity index is 1.63. The lowest BCUT2D eigenvalue weighted by molar-refractivity contribution is 0.257. The molecule has 0 aliphatic carbocycles. The van der Waals surface area contributed by atoms with Crippen LogP contribution in [0.3, 0.4) is 0 Å². The summed E-state index contributed by atoms with van der Waals surface area (Å²) in [6.07, 6.45) is 1.81. The van der Waals surface area contributed by atoms with E-state index >= 15 is 0 Å². The molecule has 0 bridgehead atoms. The number of methoxy groups -OCH3 is 1. The van der Waals surface area contributed by atoms with E-state index < -0.39 is 0 Å². The highest BCUT2D eigenvalue weighted by Crippen LogP contribution is 2.29. The van der Waals surface area contributed by atoms with Gasteiger partial charge in [-0.05, 0) is 60.9 Å². The van der Waals surface area contributed by atoms with Gasteiger partial charge in [0.1, 0.15) is 5.75 Å². The van der Waals surface area contributed by atoms with Crippen LogP contribution in [0.4, 0.5) is 0 Å². The number of rotatable bonds is 8. The third-order valence-corrected chi connectivity index (χ3v) is 5.62. The van der Waals surface area contributed by atoms with Gasteiger partial charge in [-0.2, -0.15) is 9.50 Å². The molecule has 0 spiro atoms. The van der Waals surface area contributed by atoms with Crippen molar-refractivity contribution in [2.24, 2.45) is 5.92 Å². The second kappa shape index (κ2) is 9.40. The monoisotopic (exact) mass is 451 g/mol. The van der Waals surface area contributed by atoms with E-state index in [0.717, 1.165) is 16.9 Å². The zero-order valence-electron chi connectivity index (χ0n) is 18.5. The van der Waals surface area contributed by atoms with E-state index in [-0.39, 0.29) is 5.56 Å². The maximum atomic E-state index is 12.9. The number of fused-ring (bicyclic) bond motifs is 1. The summed E-state index contributed by atoms with van der Waals surface area (Å²) >= 11 is 1.30. The van der Waals surface area contributed by atoms with E-state index in [2.05, 4.69) is 23.9 Å². The van der Waals surface area contributed by atoms with Gasteiger partial charge in [-0.25, -0.2) is 0 Å². The normalized spacial score (nSPS) is 12.0. The molecule has 166 valence electrons. The molecule has 0 radical (unpaired) electrons. The van der Waals surface area contributed by atoms with E-state index in [4.69, 9.17) is 14.2 Å². The van der Waals surface area contributed by atoms with Gasteiger partial charge < -0.3 is 14.2 Å². The lowest BCUT2D eigenvalue weighted by atomic mass is 10.2. The predicted octanol–water partition coefficient (Wildman–Crippen LogP) is 3.81. The molecule has 2 aromatic carbocycles. The molecule has 0 atom stereocenters. The predicted molar refractivity (Wildman–Crippen MR) is 126 cm³/mol. The number of benzene rings is 2. The fraction of sp³-hybridized carbons (Fsp3) is 0.292. The molecule has 0 amide bonds. The van der Waals surface area contributed by atoms with E-state index in [1.807, 2.05) is 55.5 Å². The van der Waals surface area contributed by atoms with Crippen LogP contribution in [-0.4, -0.2) is 34.9 Å². The first-order valence-electron chi connectivity index (χ1n) is 10.4. The highest BCUT2D eigenvalue weighted by atomic mass is 32.1. The molecule has 4 rings (SSSR count). The Labute approximate surface area is 189 Å². The van der Waals surface area contributed by atoms with Gasteiger partial charge in [0, 0.05) is 5.56 Å². The zero-order chi connectivity index (χ0) is 22.7. The van der Waals surface area contributed by atoms with Crippen LogP contribution in [0.25, 0.3) is 22.4 Å². The molecule has 0 fully saturated rings. The lowest BCUT2D eigenvalue weighted by Gasteiger charge is -2.12. The van der Waals surface area contributed by atoms with Crippen molar-refractivity contribution in [1.82, 2.24) is 14.6 Å². The lowest BCUT2D eigenvalue weighted by Crippen LogP contribution is -2.23. The summed E-state index contributed by atoms with van der Waals surface area (Å²) in [5.41, 5.74) is 1.47. The quantitative estimate of drug-likeness (QED) is 0.406. The van der Waals surface area contributed by atoms with Crippen LogP contribution >= 0.6 is 11.3 Å². The number of ether oxygens (including phenoxy) is 3. The SMILES string of the molecule is CCOc1ccc(-c2nc3sc(=Cc4ccc(OCC(C)C)c(OC)c4)c(=O)n3n2)cc1. The molecule has 0 saturated heterocycles. The average Bonchev–Trinajstić information content (AvgIpc) is 3.33. The van der Waals surface area contributed by atoms with Crippen LogP contribution in [0.1, 0.15) is 26.3 Å². The van der Waals surface area contributed by atoms with Gasteiger partial charge in [0.15, 0.2) is 17.3 Å². The first kappa shape index (κ1) is 21.8. The fourth-order valence-electron chi connectivity index (χ4n) is 3.12. The Morgan fingerprint density at radius 2 is 1.88 bits per heavy atom. The maximum absolute atomic E-state index is 12.9. The molecule has 0 aliphatic rings.